The van der Waals surface area contributed by atoms with Crippen LogP contribution >= 0.6 is 0 Å². The third-order valence-corrected chi connectivity index (χ3v) is 4.42. The summed E-state index contributed by atoms with van der Waals surface area (Å²) in [5.74, 6) is 0. The summed E-state index contributed by atoms with van der Waals surface area (Å²) in [7, 11) is 0. The Balaban J connectivity index is 1.67. The van der Waals surface area contributed by atoms with Crippen molar-refractivity contribution in [2.45, 2.75) is 38.7 Å². The first kappa shape index (κ1) is 12.9. The zero-order valence-corrected chi connectivity index (χ0v) is 11.6. The maximum Gasteiger partial charge on any atom is 0.0682 e. The first-order valence-corrected chi connectivity index (χ1v) is 7.49. The number of aliphatic hydroxyl groups is 1. The fourth-order valence-electron chi connectivity index (χ4n) is 3.20. The van der Waals surface area contributed by atoms with Crippen LogP contribution in [0.15, 0.2) is 23.8 Å². The fourth-order valence-corrected chi connectivity index (χ4v) is 3.20. The van der Waals surface area contributed by atoms with E-state index in [-0.39, 0.29) is 6.61 Å². The van der Waals surface area contributed by atoms with Gasteiger partial charge in [0.1, 0.15) is 0 Å². The lowest BCUT2D eigenvalue weighted by atomic mass is 9.89. The van der Waals surface area contributed by atoms with Crippen LogP contribution < -0.4 is 0 Å². The van der Waals surface area contributed by atoms with Crippen LogP contribution in [0.5, 0.6) is 0 Å². The van der Waals surface area contributed by atoms with E-state index in [1.165, 1.54) is 56.4 Å². The largest absolute Gasteiger partial charge is 0.392 e. The average molecular weight is 257 g/mol. The summed E-state index contributed by atoms with van der Waals surface area (Å²) in [6.07, 6.45) is 8.69. The number of benzene rings is 1. The van der Waals surface area contributed by atoms with E-state index < -0.39 is 0 Å². The first-order chi connectivity index (χ1) is 9.35. The fraction of sp³-hybridized carbons (Fsp3) is 0.529. The highest BCUT2D eigenvalue weighted by molar-refractivity contribution is 5.60. The lowest BCUT2D eigenvalue weighted by Crippen LogP contribution is -2.21. The topological polar surface area (TPSA) is 23.5 Å². The molecule has 2 aliphatic rings. The monoisotopic (exact) mass is 257 g/mol. The number of aliphatic hydroxyl groups excluding tert-OH is 1. The van der Waals surface area contributed by atoms with Gasteiger partial charge in [-0.1, -0.05) is 23.8 Å². The summed E-state index contributed by atoms with van der Waals surface area (Å²) in [4.78, 5) is 2.58. The summed E-state index contributed by atoms with van der Waals surface area (Å²) >= 11 is 0. The molecule has 0 spiro atoms. The molecule has 1 heterocycles. The highest BCUT2D eigenvalue weighted by Crippen LogP contribution is 2.27. The Kier molecular flexibility index (Phi) is 4.00. The van der Waals surface area contributed by atoms with Crippen LogP contribution in [0.3, 0.4) is 0 Å². The molecule has 1 N–H and O–H groups in total. The van der Waals surface area contributed by atoms with E-state index in [0.717, 1.165) is 12.0 Å². The zero-order valence-electron chi connectivity index (χ0n) is 11.6. The van der Waals surface area contributed by atoms with Gasteiger partial charge in [0.05, 0.1) is 6.61 Å². The van der Waals surface area contributed by atoms with E-state index in [0.29, 0.717) is 0 Å². The van der Waals surface area contributed by atoms with Crippen molar-refractivity contribution in [1.29, 1.82) is 0 Å². The van der Waals surface area contributed by atoms with E-state index in [1.54, 1.807) is 5.57 Å². The Hall–Kier alpha value is -1.12. The van der Waals surface area contributed by atoms with Gasteiger partial charge in [-0.15, -0.1) is 0 Å². The number of fused-ring (bicyclic) bond motifs is 1. The third kappa shape index (κ3) is 3.07. The number of aryl methyl sites for hydroxylation is 1. The molecule has 1 aliphatic heterocycles. The Morgan fingerprint density at radius 3 is 2.74 bits per heavy atom. The smallest absolute Gasteiger partial charge is 0.0682 e. The molecule has 0 unspecified atom stereocenters. The van der Waals surface area contributed by atoms with Crippen LogP contribution in [0.1, 0.15) is 42.4 Å². The van der Waals surface area contributed by atoms with Gasteiger partial charge in [0.15, 0.2) is 0 Å². The minimum absolute atomic E-state index is 0.143. The number of likely N-dealkylation sites (tertiary alicyclic amines) is 1. The Labute approximate surface area is 115 Å². The minimum Gasteiger partial charge on any atom is -0.392 e. The van der Waals surface area contributed by atoms with Crippen LogP contribution in [0.2, 0.25) is 0 Å². The van der Waals surface area contributed by atoms with E-state index in [2.05, 4.69) is 23.1 Å². The van der Waals surface area contributed by atoms with E-state index in [1.807, 2.05) is 6.07 Å². The molecule has 1 aromatic carbocycles. The molecule has 0 radical (unpaired) electrons. The summed E-state index contributed by atoms with van der Waals surface area (Å²) in [5, 5.41) is 9.22. The van der Waals surface area contributed by atoms with Crippen LogP contribution in [0.4, 0.5) is 0 Å². The molecule has 1 aliphatic carbocycles. The summed E-state index contributed by atoms with van der Waals surface area (Å²) in [6.45, 7) is 3.95. The lowest BCUT2D eigenvalue weighted by Gasteiger charge is -2.20. The summed E-state index contributed by atoms with van der Waals surface area (Å²) in [6, 6.07) is 6.36. The lowest BCUT2D eigenvalue weighted by molar-refractivity contribution is 0.282. The van der Waals surface area contributed by atoms with Crippen LogP contribution in [-0.4, -0.2) is 29.6 Å². The Bertz CT molecular complexity index is 472. The van der Waals surface area contributed by atoms with Gasteiger partial charge < -0.3 is 10.0 Å². The molecular weight excluding hydrogens is 234 g/mol. The van der Waals surface area contributed by atoms with Gasteiger partial charge >= 0.3 is 0 Å². The van der Waals surface area contributed by atoms with Gasteiger partial charge in [-0.2, -0.15) is 0 Å². The van der Waals surface area contributed by atoms with Crippen molar-refractivity contribution in [3.63, 3.8) is 0 Å². The quantitative estimate of drug-likeness (QED) is 0.896. The highest BCUT2D eigenvalue weighted by atomic mass is 16.3. The normalized spacial score (nSPS) is 19.3. The second kappa shape index (κ2) is 5.89. The highest BCUT2D eigenvalue weighted by Gasteiger charge is 2.14. The molecule has 2 nitrogen and oxygen atoms in total. The molecule has 19 heavy (non-hydrogen) atoms. The second-order valence-corrected chi connectivity index (χ2v) is 5.79. The van der Waals surface area contributed by atoms with Crippen molar-refractivity contribution >= 4 is 6.08 Å². The van der Waals surface area contributed by atoms with E-state index in [9.17, 15) is 5.11 Å². The van der Waals surface area contributed by atoms with Gasteiger partial charge in [-0.25, -0.2) is 0 Å². The molecule has 2 heteroatoms. The maximum atomic E-state index is 9.22. The predicted octanol–water partition coefficient (Wildman–Crippen LogP) is 2.99. The van der Waals surface area contributed by atoms with Crippen molar-refractivity contribution < 1.29 is 5.11 Å². The van der Waals surface area contributed by atoms with Crippen molar-refractivity contribution in [2.75, 3.05) is 19.6 Å². The summed E-state index contributed by atoms with van der Waals surface area (Å²) < 4.78 is 0. The average Bonchev–Trinajstić information content (AvgIpc) is 2.97. The number of rotatable bonds is 4. The standard InChI is InChI=1S/C17H23NO/c19-13-15-4-6-16-5-3-14(11-17(16)12-15)7-10-18-8-1-2-9-18/h4,6,11-12,19H,1-3,5,7-10,13H2. The molecule has 0 amide bonds. The van der Waals surface area contributed by atoms with Gasteiger partial charge in [0, 0.05) is 6.54 Å². The summed E-state index contributed by atoms with van der Waals surface area (Å²) in [5.41, 5.74) is 5.36. The zero-order chi connectivity index (χ0) is 13.1. The van der Waals surface area contributed by atoms with Crippen molar-refractivity contribution in [1.82, 2.24) is 4.90 Å². The molecule has 1 aromatic rings. The van der Waals surface area contributed by atoms with Gasteiger partial charge in [-0.3, -0.25) is 0 Å². The minimum atomic E-state index is 0.143. The predicted molar refractivity (Wildman–Crippen MR) is 79.0 cm³/mol. The molecule has 3 rings (SSSR count). The van der Waals surface area contributed by atoms with E-state index in [4.69, 9.17) is 0 Å². The third-order valence-electron chi connectivity index (χ3n) is 4.42. The SMILES string of the molecule is OCc1ccc2c(c1)C=C(CCN1CCCC1)CC2. The van der Waals surface area contributed by atoms with Crippen LogP contribution in [0, 0.1) is 0 Å². The van der Waals surface area contributed by atoms with E-state index >= 15 is 0 Å². The molecule has 0 saturated carbocycles. The Morgan fingerprint density at radius 1 is 1.11 bits per heavy atom. The second-order valence-electron chi connectivity index (χ2n) is 5.79. The van der Waals surface area contributed by atoms with Gasteiger partial charge in [0.2, 0.25) is 0 Å². The van der Waals surface area contributed by atoms with Crippen LogP contribution in [-0.2, 0) is 13.0 Å². The number of hydrogen-bond donors (Lipinski definition) is 1. The molecule has 0 bridgehead atoms. The maximum absolute atomic E-state index is 9.22. The first-order valence-electron chi connectivity index (χ1n) is 7.49. The molecule has 1 saturated heterocycles. The van der Waals surface area contributed by atoms with Gasteiger partial charge in [0.25, 0.3) is 0 Å². The molecule has 102 valence electrons. The molecule has 0 atom stereocenters. The molecule has 0 aromatic heterocycles. The van der Waals surface area contributed by atoms with Crippen molar-refractivity contribution in [2.24, 2.45) is 0 Å². The molecular formula is C17H23NO. The number of nitrogens with zero attached hydrogens (tertiary/aromatic N) is 1. The Morgan fingerprint density at radius 2 is 1.95 bits per heavy atom. The van der Waals surface area contributed by atoms with Crippen LogP contribution in [0.25, 0.3) is 6.08 Å². The van der Waals surface area contributed by atoms with Gasteiger partial charge in [-0.05, 0) is 68.0 Å². The molecule has 1 fully saturated rings. The number of hydrogen-bond acceptors (Lipinski definition) is 2. The van der Waals surface area contributed by atoms with Crippen molar-refractivity contribution in [3.05, 3.63) is 40.5 Å². The van der Waals surface area contributed by atoms with Crippen molar-refractivity contribution in [3.8, 4) is 0 Å².